The summed E-state index contributed by atoms with van der Waals surface area (Å²) in [5.41, 5.74) is 3.23. The van der Waals surface area contributed by atoms with E-state index in [4.69, 9.17) is 5.84 Å². The summed E-state index contributed by atoms with van der Waals surface area (Å²) in [6.07, 6.45) is 1.79. The second kappa shape index (κ2) is 5.40. The molecule has 76 valence electrons. The minimum atomic E-state index is -0.119. The first-order chi connectivity index (χ1) is 6.79. The molecule has 0 aliphatic carbocycles. The second-order valence-electron chi connectivity index (χ2n) is 3.26. The van der Waals surface area contributed by atoms with Crippen molar-refractivity contribution in [3.05, 3.63) is 35.9 Å². The number of carbonyl (C=O) groups is 1. The first-order valence-corrected chi connectivity index (χ1v) is 4.85. The molecule has 0 radical (unpaired) electrons. The van der Waals surface area contributed by atoms with Gasteiger partial charge in [-0.1, -0.05) is 43.7 Å². The number of hydrogen-bond acceptors (Lipinski definition) is 2. The Bertz CT molecular complexity index is 285. The molecule has 0 saturated heterocycles. The fourth-order valence-corrected chi connectivity index (χ4v) is 1.52. The molecular formula is C11H16N2O. The molecule has 1 amide bonds. The molecule has 3 N–H and O–H groups in total. The third-order valence-electron chi connectivity index (χ3n) is 2.24. The summed E-state index contributed by atoms with van der Waals surface area (Å²) in [6, 6.07) is 9.71. The molecule has 1 aromatic carbocycles. The maximum Gasteiger partial charge on any atom is 0.241 e. The van der Waals surface area contributed by atoms with Gasteiger partial charge in [-0.3, -0.25) is 10.2 Å². The number of benzene rings is 1. The Balaban J connectivity index is 2.83. The number of hydrazine groups is 1. The summed E-state index contributed by atoms with van der Waals surface area (Å²) >= 11 is 0. The summed E-state index contributed by atoms with van der Waals surface area (Å²) in [7, 11) is 0. The topological polar surface area (TPSA) is 55.1 Å². The van der Waals surface area contributed by atoms with Gasteiger partial charge in [0.25, 0.3) is 0 Å². The van der Waals surface area contributed by atoms with E-state index in [-0.39, 0.29) is 11.8 Å². The van der Waals surface area contributed by atoms with Gasteiger partial charge in [0.05, 0.1) is 5.92 Å². The summed E-state index contributed by atoms with van der Waals surface area (Å²) in [5.74, 6) is 4.91. The van der Waals surface area contributed by atoms with Gasteiger partial charge in [-0.25, -0.2) is 5.84 Å². The highest BCUT2D eigenvalue weighted by molar-refractivity contribution is 5.82. The van der Waals surface area contributed by atoms with Crippen LogP contribution in [0.4, 0.5) is 0 Å². The standard InChI is InChI=1S/C11H16N2O/c1-2-6-10(11(14)13-12)9-7-4-3-5-8-9/h3-5,7-8,10H,2,6,12H2,1H3,(H,13,14). The monoisotopic (exact) mass is 192 g/mol. The van der Waals surface area contributed by atoms with Gasteiger partial charge in [-0.2, -0.15) is 0 Å². The first-order valence-electron chi connectivity index (χ1n) is 4.85. The van der Waals surface area contributed by atoms with Gasteiger partial charge >= 0.3 is 0 Å². The Hall–Kier alpha value is -1.35. The van der Waals surface area contributed by atoms with Gasteiger partial charge in [0.15, 0.2) is 0 Å². The van der Waals surface area contributed by atoms with Crippen molar-refractivity contribution in [2.75, 3.05) is 0 Å². The predicted molar refractivity (Wildman–Crippen MR) is 56.4 cm³/mol. The van der Waals surface area contributed by atoms with Gasteiger partial charge < -0.3 is 0 Å². The number of amides is 1. The maximum absolute atomic E-state index is 11.5. The van der Waals surface area contributed by atoms with Crippen LogP contribution in [0.5, 0.6) is 0 Å². The zero-order valence-corrected chi connectivity index (χ0v) is 8.36. The van der Waals surface area contributed by atoms with E-state index in [1.165, 1.54) is 0 Å². The van der Waals surface area contributed by atoms with Crippen molar-refractivity contribution in [3.8, 4) is 0 Å². The summed E-state index contributed by atoms with van der Waals surface area (Å²) in [4.78, 5) is 11.5. The van der Waals surface area contributed by atoms with Crippen molar-refractivity contribution in [1.82, 2.24) is 5.43 Å². The lowest BCUT2D eigenvalue weighted by atomic mass is 9.94. The number of rotatable bonds is 4. The zero-order valence-electron chi connectivity index (χ0n) is 8.36. The van der Waals surface area contributed by atoms with Crippen LogP contribution in [0.25, 0.3) is 0 Å². The molecule has 1 aromatic rings. The molecule has 0 spiro atoms. The van der Waals surface area contributed by atoms with E-state index >= 15 is 0 Å². The number of nitrogens with one attached hydrogen (secondary N) is 1. The first kappa shape index (κ1) is 10.7. The molecule has 0 heterocycles. The number of carbonyl (C=O) groups excluding carboxylic acids is 1. The van der Waals surface area contributed by atoms with Gasteiger partial charge in [-0.15, -0.1) is 0 Å². The fraction of sp³-hybridized carbons (Fsp3) is 0.364. The lowest BCUT2D eigenvalue weighted by Gasteiger charge is -2.14. The van der Waals surface area contributed by atoms with E-state index in [1.54, 1.807) is 0 Å². The third kappa shape index (κ3) is 2.57. The van der Waals surface area contributed by atoms with Gasteiger partial charge in [-0.05, 0) is 12.0 Å². The lowest BCUT2D eigenvalue weighted by molar-refractivity contribution is -0.122. The molecular weight excluding hydrogens is 176 g/mol. The highest BCUT2D eigenvalue weighted by atomic mass is 16.2. The predicted octanol–water partition coefficient (Wildman–Crippen LogP) is 1.56. The van der Waals surface area contributed by atoms with Crippen LogP contribution >= 0.6 is 0 Å². The Morgan fingerprint density at radius 3 is 2.57 bits per heavy atom. The molecule has 0 fully saturated rings. The molecule has 0 aliphatic heterocycles. The quantitative estimate of drug-likeness (QED) is 0.432. The Morgan fingerprint density at radius 1 is 1.43 bits per heavy atom. The molecule has 0 aromatic heterocycles. The largest absolute Gasteiger partial charge is 0.294 e. The summed E-state index contributed by atoms with van der Waals surface area (Å²) in [6.45, 7) is 2.06. The molecule has 1 atom stereocenters. The zero-order chi connectivity index (χ0) is 10.4. The SMILES string of the molecule is CCCC(C(=O)NN)c1ccccc1. The fourth-order valence-electron chi connectivity index (χ4n) is 1.52. The van der Waals surface area contributed by atoms with Gasteiger partial charge in [0.1, 0.15) is 0 Å². The highest BCUT2D eigenvalue weighted by Crippen LogP contribution is 2.20. The minimum absolute atomic E-state index is 0.113. The number of nitrogens with two attached hydrogens (primary N) is 1. The van der Waals surface area contributed by atoms with Crippen molar-refractivity contribution in [1.29, 1.82) is 0 Å². The van der Waals surface area contributed by atoms with E-state index in [2.05, 4.69) is 12.3 Å². The van der Waals surface area contributed by atoms with E-state index in [0.717, 1.165) is 18.4 Å². The molecule has 3 heteroatoms. The lowest BCUT2D eigenvalue weighted by Crippen LogP contribution is -2.34. The highest BCUT2D eigenvalue weighted by Gasteiger charge is 2.17. The van der Waals surface area contributed by atoms with E-state index in [9.17, 15) is 4.79 Å². The van der Waals surface area contributed by atoms with Crippen LogP contribution in [0.15, 0.2) is 30.3 Å². The molecule has 0 saturated carbocycles. The Morgan fingerprint density at radius 2 is 2.07 bits per heavy atom. The van der Waals surface area contributed by atoms with Crippen molar-refractivity contribution in [3.63, 3.8) is 0 Å². The van der Waals surface area contributed by atoms with Crippen LogP contribution in [0.2, 0.25) is 0 Å². The molecule has 1 rings (SSSR count). The van der Waals surface area contributed by atoms with Gasteiger partial charge in [0.2, 0.25) is 5.91 Å². The normalized spacial score (nSPS) is 12.1. The average molecular weight is 192 g/mol. The second-order valence-corrected chi connectivity index (χ2v) is 3.26. The Kier molecular flexibility index (Phi) is 4.13. The van der Waals surface area contributed by atoms with E-state index in [0.29, 0.717) is 0 Å². The average Bonchev–Trinajstić information content (AvgIpc) is 2.26. The molecule has 14 heavy (non-hydrogen) atoms. The third-order valence-corrected chi connectivity index (χ3v) is 2.24. The summed E-state index contributed by atoms with van der Waals surface area (Å²) in [5, 5.41) is 0. The van der Waals surface area contributed by atoms with E-state index in [1.807, 2.05) is 30.3 Å². The molecule has 0 bridgehead atoms. The maximum atomic E-state index is 11.5. The Labute approximate surface area is 84.3 Å². The van der Waals surface area contributed by atoms with Crippen molar-refractivity contribution in [2.45, 2.75) is 25.7 Å². The molecule has 1 unspecified atom stereocenters. The molecule has 0 aliphatic rings. The van der Waals surface area contributed by atoms with Crippen LogP contribution in [0, 0.1) is 0 Å². The van der Waals surface area contributed by atoms with Crippen molar-refractivity contribution in [2.24, 2.45) is 5.84 Å². The van der Waals surface area contributed by atoms with Crippen molar-refractivity contribution >= 4 is 5.91 Å². The smallest absolute Gasteiger partial charge is 0.241 e. The number of hydrogen-bond donors (Lipinski definition) is 2. The van der Waals surface area contributed by atoms with Gasteiger partial charge in [0, 0.05) is 0 Å². The van der Waals surface area contributed by atoms with Crippen LogP contribution in [0.3, 0.4) is 0 Å². The minimum Gasteiger partial charge on any atom is -0.294 e. The van der Waals surface area contributed by atoms with Crippen LogP contribution < -0.4 is 11.3 Å². The summed E-state index contributed by atoms with van der Waals surface area (Å²) < 4.78 is 0. The van der Waals surface area contributed by atoms with Crippen molar-refractivity contribution < 1.29 is 4.79 Å². The van der Waals surface area contributed by atoms with Crippen LogP contribution in [-0.4, -0.2) is 5.91 Å². The van der Waals surface area contributed by atoms with Crippen LogP contribution in [-0.2, 0) is 4.79 Å². The van der Waals surface area contributed by atoms with E-state index < -0.39 is 0 Å². The van der Waals surface area contributed by atoms with Crippen LogP contribution in [0.1, 0.15) is 31.2 Å². The molecule has 3 nitrogen and oxygen atoms in total.